The first kappa shape index (κ1) is 17.3. The fourth-order valence-electron chi connectivity index (χ4n) is 7.45. The van der Waals surface area contributed by atoms with Crippen LogP contribution in [0.15, 0.2) is 24.5 Å². The molecule has 4 fully saturated rings. The van der Waals surface area contributed by atoms with Crippen LogP contribution in [0.5, 0.6) is 0 Å². The predicted molar refractivity (Wildman–Crippen MR) is 109 cm³/mol. The number of aliphatic hydroxyl groups excluding tert-OH is 1. The highest BCUT2D eigenvalue weighted by molar-refractivity contribution is 7.97. The summed E-state index contributed by atoms with van der Waals surface area (Å²) in [7, 11) is 1.95. The Balaban J connectivity index is 1.20. The maximum absolute atomic E-state index is 13.1. The van der Waals surface area contributed by atoms with Gasteiger partial charge in [-0.1, -0.05) is 19.9 Å². The fraction of sp³-hybridized carbons (Fsp3) is 0.636. The Morgan fingerprint density at radius 1 is 1.39 bits per heavy atom. The summed E-state index contributed by atoms with van der Waals surface area (Å²) in [6, 6.07) is 6.16. The quantitative estimate of drug-likeness (QED) is 0.803. The van der Waals surface area contributed by atoms with E-state index in [2.05, 4.69) is 18.8 Å². The number of fused-ring (bicyclic) bond motifs is 1. The summed E-state index contributed by atoms with van der Waals surface area (Å²) < 4.78 is 4.00. The molecule has 1 aromatic carbocycles. The molecule has 5 atom stereocenters. The highest BCUT2D eigenvalue weighted by Crippen LogP contribution is 2.92. The molecule has 28 heavy (non-hydrogen) atoms. The molecule has 5 unspecified atom stereocenters. The maximum atomic E-state index is 13.1. The predicted octanol–water partition coefficient (Wildman–Crippen LogP) is 3.68. The van der Waals surface area contributed by atoms with E-state index < -0.39 is 6.10 Å². The number of imidazole rings is 1. The number of aliphatic hydroxyl groups is 1. The van der Waals surface area contributed by atoms with Crippen molar-refractivity contribution in [1.82, 2.24) is 13.9 Å². The van der Waals surface area contributed by atoms with Gasteiger partial charge in [0, 0.05) is 18.2 Å². The van der Waals surface area contributed by atoms with E-state index in [1.807, 2.05) is 34.1 Å². The molecular formula is C22H27N3O2S. The van der Waals surface area contributed by atoms with Crippen molar-refractivity contribution in [1.29, 1.82) is 0 Å². The van der Waals surface area contributed by atoms with Crippen molar-refractivity contribution in [2.45, 2.75) is 51.7 Å². The first-order chi connectivity index (χ1) is 13.3. The zero-order chi connectivity index (χ0) is 19.5. The summed E-state index contributed by atoms with van der Waals surface area (Å²) in [6.07, 6.45) is 4.91. The van der Waals surface area contributed by atoms with Gasteiger partial charge in [-0.05, 0) is 65.7 Å². The molecule has 2 aromatic rings. The van der Waals surface area contributed by atoms with Crippen LogP contribution in [0.4, 0.5) is 0 Å². The second kappa shape index (κ2) is 5.14. The minimum Gasteiger partial charge on any atom is -0.388 e. The minimum absolute atomic E-state index is 0.0849. The zero-order valence-corrected chi connectivity index (χ0v) is 17.5. The molecule has 3 aliphatic carbocycles. The molecule has 1 aliphatic heterocycles. The summed E-state index contributed by atoms with van der Waals surface area (Å²) in [5, 5.41) is 10.7. The lowest BCUT2D eigenvalue weighted by molar-refractivity contribution is -0.132. The van der Waals surface area contributed by atoms with E-state index in [9.17, 15) is 9.90 Å². The first-order valence-electron chi connectivity index (χ1n) is 10.4. The number of rotatable bonds is 3. The van der Waals surface area contributed by atoms with Gasteiger partial charge in [-0.15, -0.1) is 0 Å². The molecule has 1 aromatic heterocycles. The van der Waals surface area contributed by atoms with E-state index in [1.54, 1.807) is 18.3 Å². The Bertz CT molecular complexity index is 1020. The average molecular weight is 398 g/mol. The van der Waals surface area contributed by atoms with Crippen molar-refractivity contribution in [3.8, 4) is 0 Å². The number of hydrogen-bond donors (Lipinski definition) is 1. The molecule has 0 radical (unpaired) electrons. The van der Waals surface area contributed by atoms with Gasteiger partial charge in [-0.25, -0.2) is 4.98 Å². The Morgan fingerprint density at radius 3 is 2.96 bits per heavy atom. The molecule has 4 aliphatic rings. The smallest absolute Gasteiger partial charge is 0.235 e. The van der Waals surface area contributed by atoms with Gasteiger partial charge in [0.1, 0.15) is 0 Å². The Labute approximate surface area is 169 Å². The third-order valence-electron chi connectivity index (χ3n) is 8.98. The van der Waals surface area contributed by atoms with Gasteiger partial charge >= 0.3 is 0 Å². The van der Waals surface area contributed by atoms with Crippen LogP contribution in [0.1, 0.15) is 51.2 Å². The molecular weight excluding hydrogens is 370 g/mol. The van der Waals surface area contributed by atoms with Crippen molar-refractivity contribution in [2.24, 2.45) is 29.2 Å². The minimum atomic E-state index is -0.779. The van der Waals surface area contributed by atoms with Crippen molar-refractivity contribution in [3.63, 3.8) is 0 Å². The van der Waals surface area contributed by atoms with Gasteiger partial charge in [0.05, 0.1) is 35.9 Å². The summed E-state index contributed by atoms with van der Waals surface area (Å²) in [5.41, 5.74) is 3.96. The molecule has 5 nitrogen and oxygen atoms in total. The SMILES string of the molecule is Cn1cnc2cc(C(O)CC(=O)N3SCC45CCC46C(CC35)C6(C)C)ccc21. The molecule has 3 saturated carbocycles. The molecule has 0 bridgehead atoms. The normalized spacial score (nSPS) is 37.9. The highest BCUT2D eigenvalue weighted by atomic mass is 32.2. The van der Waals surface area contributed by atoms with E-state index in [4.69, 9.17) is 0 Å². The number of benzene rings is 1. The Hall–Kier alpha value is -1.53. The van der Waals surface area contributed by atoms with E-state index in [-0.39, 0.29) is 12.3 Å². The van der Waals surface area contributed by atoms with E-state index in [0.29, 0.717) is 22.3 Å². The number of aromatic nitrogens is 2. The van der Waals surface area contributed by atoms with Crippen LogP contribution in [0.3, 0.4) is 0 Å². The van der Waals surface area contributed by atoms with Gasteiger partial charge in [-0.3, -0.25) is 9.10 Å². The van der Waals surface area contributed by atoms with Crippen LogP contribution in [-0.2, 0) is 11.8 Å². The number of carbonyl (C=O) groups is 1. The lowest BCUT2D eigenvalue weighted by atomic mass is 9.54. The summed E-state index contributed by atoms with van der Waals surface area (Å²) in [6.45, 7) is 4.86. The second-order valence-electron chi connectivity index (χ2n) is 9.97. The van der Waals surface area contributed by atoms with Crippen molar-refractivity contribution < 1.29 is 9.90 Å². The molecule has 2 heterocycles. The summed E-state index contributed by atoms with van der Waals surface area (Å²) >= 11 is 1.72. The van der Waals surface area contributed by atoms with Gasteiger partial charge in [0.15, 0.2) is 0 Å². The largest absolute Gasteiger partial charge is 0.388 e. The number of hydrogen-bond acceptors (Lipinski definition) is 4. The maximum Gasteiger partial charge on any atom is 0.235 e. The van der Waals surface area contributed by atoms with E-state index in [1.165, 1.54) is 12.8 Å². The van der Waals surface area contributed by atoms with Gasteiger partial charge in [-0.2, -0.15) is 0 Å². The molecule has 1 saturated heterocycles. The molecule has 148 valence electrons. The lowest BCUT2D eigenvalue weighted by Crippen LogP contribution is -2.52. The van der Waals surface area contributed by atoms with Crippen molar-refractivity contribution in [2.75, 3.05) is 5.75 Å². The van der Waals surface area contributed by atoms with Crippen LogP contribution < -0.4 is 0 Å². The second-order valence-corrected chi connectivity index (χ2v) is 10.9. The van der Waals surface area contributed by atoms with Gasteiger partial charge in [0.25, 0.3) is 0 Å². The van der Waals surface area contributed by atoms with Gasteiger partial charge < -0.3 is 9.67 Å². The van der Waals surface area contributed by atoms with Crippen molar-refractivity contribution >= 4 is 28.9 Å². The fourth-order valence-corrected chi connectivity index (χ4v) is 9.10. The molecule has 1 amide bonds. The van der Waals surface area contributed by atoms with Crippen LogP contribution in [0, 0.1) is 22.2 Å². The first-order valence-corrected chi connectivity index (χ1v) is 11.3. The van der Waals surface area contributed by atoms with E-state index >= 15 is 0 Å². The highest BCUT2D eigenvalue weighted by Gasteiger charge is 2.89. The standard InChI is InChI=1S/C22H27N3O2S/c1-20(2)17-10-18-21(6-7-22(17,20)21)11-28-25(18)19(27)9-16(26)13-4-5-15-14(8-13)23-12-24(15)3/h4-5,8,12,16-18,26H,6-7,9-11H2,1-3H3. The molecule has 6 rings (SSSR count). The van der Waals surface area contributed by atoms with Crippen LogP contribution in [0.2, 0.25) is 0 Å². The number of aryl methyl sites for hydroxylation is 1. The number of nitrogens with zero attached hydrogens (tertiary/aromatic N) is 3. The third-order valence-corrected chi connectivity index (χ3v) is 10.4. The van der Waals surface area contributed by atoms with Gasteiger partial charge in [0.2, 0.25) is 5.91 Å². The number of carbonyl (C=O) groups excluding carboxylic acids is 1. The monoisotopic (exact) mass is 397 g/mol. The summed E-state index contributed by atoms with van der Waals surface area (Å²) in [4.78, 5) is 17.5. The molecule has 2 spiro atoms. The number of amides is 1. The lowest BCUT2D eigenvalue weighted by Gasteiger charge is -2.51. The van der Waals surface area contributed by atoms with E-state index in [0.717, 1.165) is 34.7 Å². The zero-order valence-electron chi connectivity index (χ0n) is 16.7. The van der Waals surface area contributed by atoms with Crippen molar-refractivity contribution in [3.05, 3.63) is 30.1 Å². The topological polar surface area (TPSA) is 58.4 Å². The molecule has 6 heteroatoms. The third kappa shape index (κ3) is 1.76. The Kier molecular flexibility index (Phi) is 3.18. The van der Waals surface area contributed by atoms with Crippen LogP contribution in [0.25, 0.3) is 11.0 Å². The Morgan fingerprint density at radius 2 is 2.21 bits per heavy atom. The van der Waals surface area contributed by atoms with Crippen LogP contribution >= 0.6 is 11.9 Å². The average Bonchev–Trinajstić information content (AvgIpc) is 3.01. The van der Waals surface area contributed by atoms with Crippen LogP contribution in [-0.4, -0.2) is 36.7 Å². The molecule has 1 N–H and O–H groups in total. The summed E-state index contributed by atoms with van der Waals surface area (Å²) in [5.74, 6) is 1.95.